The molecule has 10 heteroatoms. The van der Waals surface area contributed by atoms with E-state index in [1.54, 1.807) is 23.6 Å². The van der Waals surface area contributed by atoms with Crippen LogP contribution in [0.1, 0.15) is 33.1 Å². The maximum atomic E-state index is 13.1. The largest absolute Gasteiger partial charge is 0.335 e. The van der Waals surface area contributed by atoms with Crippen molar-refractivity contribution in [3.8, 4) is 0 Å². The fourth-order valence-corrected chi connectivity index (χ4v) is 5.87. The van der Waals surface area contributed by atoms with Crippen molar-refractivity contribution in [3.63, 3.8) is 0 Å². The first kappa shape index (κ1) is 22.2. The Morgan fingerprint density at radius 1 is 1.20 bits per heavy atom. The molecule has 1 saturated carbocycles. The lowest BCUT2D eigenvalue weighted by atomic mass is 9.78. The summed E-state index contributed by atoms with van der Waals surface area (Å²) in [6, 6.07) is 7.20. The Bertz CT molecular complexity index is 964. The number of sulfonamides is 1. The summed E-state index contributed by atoms with van der Waals surface area (Å²) in [5, 5.41) is 6.90. The molecule has 0 bridgehead atoms. The van der Waals surface area contributed by atoms with E-state index in [2.05, 4.69) is 29.5 Å². The maximum Gasteiger partial charge on any atom is 0.321 e. The van der Waals surface area contributed by atoms with Crippen molar-refractivity contribution in [3.05, 3.63) is 41.9 Å². The van der Waals surface area contributed by atoms with Gasteiger partial charge in [0.1, 0.15) is 6.54 Å². The van der Waals surface area contributed by atoms with Gasteiger partial charge in [-0.05, 0) is 30.4 Å². The smallest absolute Gasteiger partial charge is 0.321 e. The SMILES string of the molecule is C[C@@H]1[C@H](C)CCC[C@@H]1NC(=O)NC(=O)CN(c1nccs1)S(=O)(=O)c1ccccc1. The molecule has 0 unspecified atom stereocenters. The van der Waals surface area contributed by atoms with Crippen LogP contribution in [-0.2, 0) is 14.8 Å². The molecule has 3 atom stereocenters. The van der Waals surface area contributed by atoms with Crippen LogP contribution >= 0.6 is 11.3 Å². The molecule has 8 nitrogen and oxygen atoms in total. The summed E-state index contributed by atoms with van der Waals surface area (Å²) in [5.41, 5.74) is 0. The van der Waals surface area contributed by atoms with E-state index in [0.29, 0.717) is 11.8 Å². The second-order valence-electron chi connectivity index (χ2n) is 7.53. The van der Waals surface area contributed by atoms with Crippen molar-refractivity contribution in [1.82, 2.24) is 15.6 Å². The Labute approximate surface area is 180 Å². The molecule has 0 radical (unpaired) electrons. The van der Waals surface area contributed by atoms with Crippen LogP contribution in [0.5, 0.6) is 0 Å². The molecule has 2 N–H and O–H groups in total. The summed E-state index contributed by atoms with van der Waals surface area (Å²) in [5.74, 6) is 0.0831. The lowest BCUT2D eigenvalue weighted by molar-refractivity contribution is -0.118. The highest BCUT2D eigenvalue weighted by atomic mass is 32.2. The van der Waals surface area contributed by atoms with E-state index in [1.165, 1.54) is 18.3 Å². The van der Waals surface area contributed by atoms with Crippen molar-refractivity contribution in [2.24, 2.45) is 11.8 Å². The molecule has 3 rings (SSSR count). The topological polar surface area (TPSA) is 108 Å². The molecule has 1 aromatic carbocycles. The quantitative estimate of drug-likeness (QED) is 0.703. The molecule has 1 aliphatic rings. The number of imide groups is 1. The van der Waals surface area contributed by atoms with Crippen LogP contribution in [0.3, 0.4) is 0 Å². The fourth-order valence-electron chi connectivity index (χ4n) is 3.60. The number of urea groups is 1. The number of anilines is 1. The number of carbonyl (C=O) groups is 2. The zero-order chi connectivity index (χ0) is 21.7. The summed E-state index contributed by atoms with van der Waals surface area (Å²) in [6.07, 6.45) is 4.47. The number of thiazole rings is 1. The number of hydrogen-bond acceptors (Lipinski definition) is 6. The molecule has 1 aliphatic carbocycles. The van der Waals surface area contributed by atoms with E-state index in [4.69, 9.17) is 0 Å². The van der Waals surface area contributed by atoms with Crippen molar-refractivity contribution in [2.45, 2.75) is 44.0 Å². The Balaban J connectivity index is 1.69. The normalized spacial score (nSPS) is 21.6. The van der Waals surface area contributed by atoms with Crippen molar-refractivity contribution >= 4 is 38.4 Å². The molecule has 1 heterocycles. The van der Waals surface area contributed by atoms with Gasteiger partial charge in [0.2, 0.25) is 5.91 Å². The number of nitrogens with zero attached hydrogens (tertiary/aromatic N) is 2. The van der Waals surface area contributed by atoms with Crippen molar-refractivity contribution < 1.29 is 18.0 Å². The third-order valence-electron chi connectivity index (χ3n) is 5.53. The predicted octanol–water partition coefficient (Wildman–Crippen LogP) is 2.99. The van der Waals surface area contributed by atoms with E-state index in [-0.39, 0.29) is 16.1 Å². The molecule has 30 heavy (non-hydrogen) atoms. The summed E-state index contributed by atoms with van der Waals surface area (Å²) in [6.45, 7) is 3.70. The van der Waals surface area contributed by atoms with Gasteiger partial charge in [0, 0.05) is 17.6 Å². The van der Waals surface area contributed by atoms with Gasteiger partial charge >= 0.3 is 6.03 Å². The summed E-state index contributed by atoms with van der Waals surface area (Å²) in [7, 11) is -4.01. The number of benzene rings is 1. The third kappa shape index (κ3) is 5.17. The lowest BCUT2D eigenvalue weighted by Crippen LogP contribution is -2.51. The number of hydrogen-bond donors (Lipinski definition) is 2. The number of carbonyl (C=O) groups excluding carboxylic acids is 2. The van der Waals surface area contributed by atoms with Crippen LogP contribution in [0.25, 0.3) is 0 Å². The zero-order valence-electron chi connectivity index (χ0n) is 16.9. The molecular formula is C20H26N4O4S2. The number of nitrogens with one attached hydrogen (secondary N) is 2. The Morgan fingerprint density at radius 2 is 1.93 bits per heavy atom. The Hall–Kier alpha value is -2.46. The van der Waals surface area contributed by atoms with Gasteiger partial charge < -0.3 is 5.32 Å². The fraction of sp³-hybridized carbons (Fsp3) is 0.450. The molecule has 0 saturated heterocycles. The van der Waals surface area contributed by atoms with Crippen LogP contribution in [0, 0.1) is 11.8 Å². The second-order valence-corrected chi connectivity index (χ2v) is 10.3. The van der Waals surface area contributed by atoms with E-state index in [1.807, 2.05) is 0 Å². The highest BCUT2D eigenvalue weighted by Gasteiger charge is 2.31. The number of amides is 3. The van der Waals surface area contributed by atoms with Crippen molar-refractivity contribution in [1.29, 1.82) is 0 Å². The van der Waals surface area contributed by atoms with E-state index in [9.17, 15) is 18.0 Å². The average Bonchev–Trinajstić information content (AvgIpc) is 3.24. The number of aromatic nitrogens is 1. The minimum Gasteiger partial charge on any atom is -0.335 e. The average molecular weight is 451 g/mol. The molecule has 2 aromatic rings. The summed E-state index contributed by atoms with van der Waals surface area (Å²) < 4.78 is 27.0. The molecule has 0 spiro atoms. The highest BCUT2D eigenvalue weighted by molar-refractivity contribution is 7.93. The van der Waals surface area contributed by atoms with Gasteiger partial charge in [-0.3, -0.25) is 10.1 Å². The lowest BCUT2D eigenvalue weighted by Gasteiger charge is -2.34. The first-order valence-corrected chi connectivity index (χ1v) is 12.2. The van der Waals surface area contributed by atoms with E-state index >= 15 is 0 Å². The van der Waals surface area contributed by atoms with Crippen LogP contribution in [0.2, 0.25) is 0 Å². The Morgan fingerprint density at radius 3 is 2.60 bits per heavy atom. The molecule has 162 valence electrons. The van der Waals surface area contributed by atoms with Crippen LogP contribution in [-0.4, -0.2) is 37.9 Å². The van der Waals surface area contributed by atoms with Crippen LogP contribution in [0.15, 0.2) is 46.8 Å². The zero-order valence-corrected chi connectivity index (χ0v) is 18.6. The highest BCUT2D eigenvalue weighted by Crippen LogP contribution is 2.29. The first-order chi connectivity index (χ1) is 14.3. The van der Waals surface area contributed by atoms with Gasteiger partial charge in [-0.15, -0.1) is 11.3 Å². The summed E-state index contributed by atoms with van der Waals surface area (Å²) >= 11 is 1.10. The first-order valence-electron chi connectivity index (χ1n) is 9.86. The Kier molecular flexibility index (Phi) is 7.09. The van der Waals surface area contributed by atoms with Gasteiger partial charge in [-0.25, -0.2) is 22.5 Å². The van der Waals surface area contributed by atoms with Gasteiger partial charge in [0.25, 0.3) is 10.0 Å². The maximum absolute atomic E-state index is 13.1. The number of rotatable bonds is 6. The molecule has 1 fully saturated rings. The minimum absolute atomic E-state index is 0.00957. The van der Waals surface area contributed by atoms with E-state index in [0.717, 1.165) is 34.9 Å². The second kappa shape index (κ2) is 9.57. The molecule has 0 aliphatic heterocycles. The monoisotopic (exact) mass is 450 g/mol. The van der Waals surface area contributed by atoms with Gasteiger partial charge in [0.05, 0.1) is 4.90 Å². The minimum atomic E-state index is -4.01. The predicted molar refractivity (Wildman–Crippen MR) is 116 cm³/mol. The molecule has 1 aromatic heterocycles. The summed E-state index contributed by atoms with van der Waals surface area (Å²) in [4.78, 5) is 28.9. The van der Waals surface area contributed by atoms with Gasteiger partial charge in [0.15, 0.2) is 5.13 Å². The van der Waals surface area contributed by atoms with Gasteiger partial charge in [-0.2, -0.15) is 0 Å². The van der Waals surface area contributed by atoms with Crippen LogP contribution in [0.4, 0.5) is 9.93 Å². The molecular weight excluding hydrogens is 424 g/mol. The van der Waals surface area contributed by atoms with E-state index < -0.39 is 28.5 Å². The van der Waals surface area contributed by atoms with Crippen LogP contribution < -0.4 is 14.9 Å². The van der Waals surface area contributed by atoms with Crippen molar-refractivity contribution in [2.75, 3.05) is 10.8 Å². The van der Waals surface area contributed by atoms with Gasteiger partial charge in [-0.1, -0.05) is 44.9 Å². The standard InChI is InChI=1S/C20H26N4O4S2/c1-14-7-6-10-17(15(14)2)22-19(26)23-18(25)13-24(20-21-11-12-29-20)30(27,28)16-8-4-3-5-9-16/h3-5,8-9,11-12,14-15,17H,6-7,10,13H2,1-2H3,(H2,22,23,25,26)/t14-,15-,17+/m1/s1. The molecule has 3 amide bonds. The third-order valence-corrected chi connectivity index (χ3v) is 8.19.